The molecule has 1 saturated carbocycles. The third-order valence-corrected chi connectivity index (χ3v) is 8.02. The van der Waals surface area contributed by atoms with Crippen molar-refractivity contribution in [3.8, 4) is 11.5 Å². The molecule has 2 aromatic carbocycles. The van der Waals surface area contributed by atoms with Crippen molar-refractivity contribution in [3.05, 3.63) is 59.3 Å². The number of carbonyl (C=O) groups excluding carboxylic acids is 2. The molecule has 2 amide bonds. The van der Waals surface area contributed by atoms with Crippen LogP contribution in [0.2, 0.25) is 0 Å². The van der Waals surface area contributed by atoms with Crippen molar-refractivity contribution < 1.29 is 19.1 Å². The monoisotopic (exact) mass is 457 g/mol. The summed E-state index contributed by atoms with van der Waals surface area (Å²) < 4.78 is 11.2. The first kappa shape index (κ1) is 19.9. The third kappa shape index (κ3) is 2.89. The SMILES string of the molecule is O=C1C2Cc3c([nH]c4ccccc34)C(c3ccc4c(c3)OCO4)N2C(=O)CN1C1CCCCC1. The van der Waals surface area contributed by atoms with E-state index < -0.39 is 6.04 Å². The summed E-state index contributed by atoms with van der Waals surface area (Å²) in [6, 6.07) is 13.3. The molecule has 4 heterocycles. The van der Waals surface area contributed by atoms with Crippen molar-refractivity contribution in [2.75, 3.05) is 13.3 Å². The summed E-state index contributed by atoms with van der Waals surface area (Å²) in [7, 11) is 0. The summed E-state index contributed by atoms with van der Waals surface area (Å²) in [5.41, 5.74) is 4.07. The second-order valence-electron chi connectivity index (χ2n) is 9.86. The van der Waals surface area contributed by atoms with E-state index in [1.165, 1.54) is 6.42 Å². The van der Waals surface area contributed by atoms with Crippen molar-refractivity contribution in [2.24, 2.45) is 0 Å². The highest BCUT2D eigenvalue weighted by molar-refractivity contribution is 5.98. The molecule has 0 radical (unpaired) electrons. The van der Waals surface area contributed by atoms with Gasteiger partial charge in [-0.3, -0.25) is 9.59 Å². The summed E-state index contributed by atoms with van der Waals surface area (Å²) in [4.78, 5) is 34.9. The number of rotatable bonds is 2. The van der Waals surface area contributed by atoms with Crippen molar-refractivity contribution in [3.63, 3.8) is 0 Å². The highest BCUT2D eigenvalue weighted by atomic mass is 16.7. The van der Waals surface area contributed by atoms with Gasteiger partial charge in [-0.15, -0.1) is 0 Å². The molecule has 1 saturated heterocycles. The van der Waals surface area contributed by atoms with Crippen LogP contribution in [0.25, 0.3) is 10.9 Å². The molecule has 1 N–H and O–H groups in total. The summed E-state index contributed by atoms with van der Waals surface area (Å²) in [5, 5.41) is 1.12. The van der Waals surface area contributed by atoms with Crippen LogP contribution in [0, 0.1) is 0 Å². The molecular weight excluding hydrogens is 430 g/mol. The first-order valence-corrected chi connectivity index (χ1v) is 12.3. The Hall–Kier alpha value is -3.48. The van der Waals surface area contributed by atoms with Crippen molar-refractivity contribution >= 4 is 22.7 Å². The number of hydrogen-bond donors (Lipinski definition) is 1. The third-order valence-electron chi connectivity index (χ3n) is 8.02. The average molecular weight is 458 g/mol. The van der Waals surface area contributed by atoms with Gasteiger partial charge in [0.1, 0.15) is 12.6 Å². The van der Waals surface area contributed by atoms with Crippen LogP contribution in [0.5, 0.6) is 11.5 Å². The van der Waals surface area contributed by atoms with Gasteiger partial charge in [-0.2, -0.15) is 0 Å². The van der Waals surface area contributed by atoms with Crippen molar-refractivity contribution in [1.29, 1.82) is 0 Å². The molecule has 2 atom stereocenters. The number of piperazine rings is 1. The van der Waals surface area contributed by atoms with E-state index in [9.17, 15) is 9.59 Å². The zero-order valence-corrected chi connectivity index (χ0v) is 19.0. The minimum absolute atomic E-state index is 0.0159. The van der Waals surface area contributed by atoms with E-state index in [0.717, 1.165) is 53.4 Å². The van der Waals surface area contributed by atoms with Crippen LogP contribution >= 0.6 is 0 Å². The van der Waals surface area contributed by atoms with Gasteiger partial charge in [-0.05, 0) is 42.2 Å². The van der Waals surface area contributed by atoms with E-state index in [0.29, 0.717) is 17.9 Å². The molecule has 4 aliphatic rings. The first-order chi connectivity index (χ1) is 16.7. The Bertz CT molecular complexity index is 1310. The van der Waals surface area contributed by atoms with Crippen LogP contribution in [0.15, 0.2) is 42.5 Å². The lowest BCUT2D eigenvalue weighted by Crippen LogP contribution is -2.65. The fraction of sp³-hybridized carbons (Fsp3) is 0.407. The fourth-order valence-corrected chi connectivity index (χ4v) is 6.42. The molecule has 7 nitrogen and oxygen atoms in total. The lowest BCUT2D eigenvalue weighted by Gasteiger charge is -2.49. The standard InChI is InChI=1S/C27H27N3O4/c31-24-14-29(17-6-2-1-3-7-17)27(32)21-13-19-18-8-4-5-9-20(18)28-25(19)26(30(21)24)16-10-11-22-23(12-16)34-15-33-22/h4-5,8-12,17,21,26,28H,1-3,6-7,13-15H2. The Morgan fingerprint density at radius 1 is 0.941 bits per heavy atom. The Balaban J connectivity index is 1.37. The predicted molar refractivity (Wildman–Crippen MR) is 126 cm³/mol. The lowest BCUT2D eigenvalue weighted by molar-refractivity contribution is -0.161. The van der Waals surface area contributed by atoms with Crippen LogP contribution in [0.1, 0.15) is 55.0 Å². The summed E-state index contributed by atoms with van der Waals surface area (Å²) >= 11 is 0. The van der Waals surface area contributed by atoms with E-state index in [2.05, 4.69) is 17.1 Å². The Kier molecular flexibility index (Phi) is 4.41. The maximum Gasteiger partial charge on any atom is 0.246 e. The number of hydrogen-bond acceptors (Lipinski definition) is 4. The molecule has 34 heavy (non-hydrogen) atoms. The van der Waals surface area contributed by atoms with Crippen LogP contribution in [-0.4, -0.2) is 52.0 Å². The number of aromatic amines is 1. The summed E-state index contributed by atoms with van der Waals surface area (Å²) in [6.07, 6.45) is 6.00. The summed E-state index contributed by atoms with van der Waals surface area (Å²) in [6.45, 7) is 0.359. The van der Waals surface area contributed by atoms with Gasteiger partial charge in [0.25, 0.3) is 0 Å². The normalized spacial score (nSPS) is 24.5. The van der Waals surface area contributed by atoms with Gasteiger partial charge in [0.2, 0.25) is 18.6 Å². The number of H-pyrrole nitrogens is 1. The van der Waals surface area contributed by atoms with E-state index in [1.54, 1.807) is 0 Å². The quantitative estimate of drug-likeness (QED) is 0.633. The predicted octanol–water partition coefficient (Wildman–Crippen LogP) is 3.91. The molecule has 2 unspecified atom stereocenters. The zero-order valence-electron chi connectivity index (χ0n) is 19.0. The van der Waals surface area contributed by atoms with Crippen LogP contribution in [0.4, 0.5) is 0 Å². The smallest absolute Gasteiger partial charge is 0.246 e. The van der Waals surface area contributed by atoms with Gasteiger partial charge in [-0.25, -0.2) is 0 Å². The molecule has 174 valence electrons. The highest BCUT2D eigenvalue weighted by Gasteiger charge is 2.49. The van der Waals surface area contributed by atoms with E-state index in [1.807, 2.05) is 40.1 Å². The van der Waals surface area contributed by atoms with E-state index in [-0.39, 0.29) is 37.2 Å². The average Bonchev–Trinajstić information content (AvgIpc) is 3.49. The fourth-order valence-electron chi connectivity index (χ4n) is 6.42. The lowest BCUT2D eigenvalue weighted by atomic mass is 9.85. The minimum atomic E-state index is -0.495. The van der Waals surface area contributed by atoms with Crippen molar-refractivity contribution in [2.45, 2.75) is 56.7 Å². The number of ether oxygens (including phenoxy) is 2. The number of nitrogens with one attached hydrogen (secondary N) is 1. The number of carbonyl (C=O) groups is 2. The van der Waals surface area contributed by atoms with Gasteiger partial charge in [0, 0.05) is 29.1 Å². The molecule has 1 aromatic heterocycles. The number of nitrogens with zero attached hydrogens (tertiary/aromatic N) is 2. The van der Waals surface area contributed by atoms with Gasteiger partial charge >= 0.3 is 0 Å². The molecule has 0 spiro atoms. The van der Waals surface area contributed by atoms with E-state index >= 15 is 0 Å². The Morgan fingerprint density at radius 2 is 1.76 bits per heavy atom. The molecular formula is C27H27N3O4. The number of amides is 2. The van der Waals surface area contributed by atoms with Crippen molar-refractivity contribution in [1.82, 2.24) is 14.8 Å². The highest BCUT2D eigenvalue weighted by Crippen LogP contribution is 2.45. The molecule has 1 aliphatic carbocycles. The first-order valence-electron chi connectivity index (χ1n) is 12.3. The van der Waals surface area contributed by atoms with Gasteiger partial charge in [0.05, 0.1) is 6.04 Å². The second-order valence-corrected chi connectivity index (χ2v) is 9.86. The molecule has 7 rings (SSSR count). The Morgan fingerprint density at radius 3 is 2.65 bits per heavy atom. The van der Waals surface area contributed by atoms with E-state index in [4.69, 9.17) is 9.47 Å². The van der Waals surface area contributed by atoms with Gasteiger partial charge in [-0.1, -0.05) is 43.5 Å². The maximum absolute atomic E-state index is 13.9. The van der Waals surface area contributed by atoms with Crippen LogP contribution in [-0.2, 0) is 16.0 Å². The molecule has 3 aromatic rings. The van der Waals surface area contributed by atoms with Gasteiger partial charge in [0.15, 0.2) is 11.5 Å². The maximum atomic E-state index is 13.9. The number of para-hydroxylation sites is 1. The van der Waals surface area contributed by atoms with Gasteiger partial charge < -0.3 is 24.3 Å². The number of fused-ring (bicyclic) bond motifs is 5. The largest absolute Gasteiger partial charge is 0.454 e. The van der Waals surface area contributed by atoms with Crippen LogP contribution in [0.3, 0.4) is 0 Å². The van der Waals surface area contributed by atoms with Crippen LogP contribution < -0.4 is 9.47 Å². The topological polar surface area (TPSA) is 74.9 Å². The minimum Gasteiger partial charge on any atom is -0.454 e. The number of benzene rings is 2. The molecule has 3 aliphatic heterocycles. The molecule has 7 heteroatoms. The second kappa shape index (κ2) is 7.52. The number of aromatic nitrogens is 1. The molecule has 2 fully saturated rings. The summed E-state index contributed by atoms with van der Waals surface area (Å²) in [5.74, 6) is 1.49. The Labute approximate surface area is 197 Å². The molecule has 0 bridgehead atoms. The zero-order chi connectivity index (χ0) is 22.8.